The summed E-state index contributed by atoms with van der Waals surface area (Å²) in [6.07, 6.45) is 2.73. The topological polar surface area (TPSA) is 75.7 Å². The number of ether oxygens (including phenoxy) is 1. The Balaban J connectivity index is 1.62. The van der Waals surface area contributed by atoms with Gasteiger partial charge in [-0.05, 0) is 30.5 Å². The van der Waals surface area contributed by atoms with Crippen LogP contribution < -0.4 is 10.2 Å². The maximum Gasteiger partial charge on any atom is 0.234 e. The number of aldehydes is 1. The second-order valence-corrected chi connectivity index (χ2v) is 5.95. The predicted molar refractivity (Wildman–Crippen MR) is 84.2 cm³/mol. The van der Waals surface area contributed by atoms with Crippen LogP contribution >= 0.6 is 0 Å². The van der Waals surface area contributed by atoms with Crippen molar-refractivity contribution in [2.45, 2.75) is 31.3 Å². The van der Waals surface area contributed by atoms with Crippen molar-refractivity contribution in [3.63, 3.8) is 0 Å². The van der Waals surface area contributed by atoms with Crippen LogP contribution in [0.3, 0.4) is 0 Å². The Bertz CT molecular complexity index is 599. The summed E-state index contributed by atoms with van der Waals surface area (Å²) in [7, 11) is 0. The van der Waals surface area contributed by atoms with Crippen molar-refractivity contribution in [2.24, 2.45) is 0 Å². The summed E-state index contributed by atoms with van der Waals surface area (Å²) in [4.78, 5) is 35.7. The van der Waals surface area contributed by atoms with E-state index in [4.69, 9.17) is 4.74 Å². The van der Waals surface area contributed by atoms with E-state index in [0.29, 0.717) is 12.8 Å². The van der Waals surface area contributed by atoms with Gasteiger partial charge >= 0.3 is 0 Å². The number of hydrogen-bond acceptors (Lipinski definition) is 5. The van der Waals surface area contributed by atoms with Crippen LogP contribution in [0.5, 0.6) is 0 Å². The lowest BCUT2D eigenvalue weighted by atomic mass is 9.90. The highest BCUT2D eigenvalue weighted by Gasteiger charge is 2.28. The van der Waals surface area contributed by atoms with Gasteiger partial charge in [0.25, 0.3) is 0 Å². The van der Waals surface area contributed by atoms with Gasteiger partial charge in [0, 0.05) is 25.2 Å². The normalized spacial score (nSPS) is 24.6. The average Bonchev–Trinajstić information content (AvgIpc) is 3.02. The third kappa shape index (κ3) is 3.59. The molecular formula is C17H20N2O4. The van der Waals surface area contributed by atoms with Crippen LogP contribution in [0, 0.1) is 0 Å². The van der Waals surface area contributed by atoms with Gasteiger partial charge in [0.2, 0.25) is 11.8 Å². The molecule has 1 unspecified atom stereocenters. The Morgan fingerprint density at radius 1 is 1.22 bits per heavy atom. The molecule has 2 saturated heterocycles. The molecule has 1 aromatic rings. The SMILES string of the molecule is O=CCO[C@H]1CCN(c2ccc(C3CCC(=O)NC3=O)cc2)C1. The first kappa shape index (κ1) is 15.7. The van der Waals surface area contributed by atoms with Gasteiger partial charge < -0.3 is 14.4 Å². The highest BCUT2D eigenvalue weighted by Crippen LogP contribution is 2.28. The van der Waals surface area contributed by atoms with Crippen LogP contribution in [0.15, 0.2) is 24.3 Å². The minimum atomic E-state index is -0.246. The lowest BCUT2D eigenvalue weighted by molar-refractivity contribution is -0.134. The summed E-state index contributed by atoms with van der Waals surface area (Å²) in [5.41, 5.74) is 2.02. The molecule has 6 nitrogen and oxygen atoms in total. The number of rotatable bonds is 5. The minimum absolute atomic E-state index is 0.0926. The summed E-state index contributed by atoms with van der Waals surface area (Å²) in [6, 6.07) is 7.91. The van der Waals surface area contributed by atoms with Gasteiger partial charge in [-0.25, -0.2) is 0 Å². The number of piperidine rings is 1. The molecule has 2 aliphatic rings. The van der Waals surface area contributed by atoms with Crippen LogP contribution in [0.25, 0.3) is 0 Å². The molecule has 1 N–H and O–H groups in total. The molecule has 0 spiro atoms. The standard InChI is InChI=1S/C17H20N2O4/c20-9-10-23-14-7-8-19(11-14)13-3-1-12(2-4-13)15-5-6-16(21)18-17(15)22/h1-4,9,14-15H,5-8,10-11H2,(H,18,21,22)/t14-,15?/m0/s1. The molecule has 2 heterocycles. The summed E-state index contributed by atoms with van der Waals surface area (Å²) in [5, 5.41) is 2.39. The second kappa shape index (κ2) is 6.91. The first-order valence-electron chi connectivity index (χ1n) is 7.91. The zero-order valence-electron chi connectivity index (χ0n) is 12.9. The Morgan fingerprint density at radius 3 is 2.70 bits per heavy atom. The molecule has 2 amide bonds. The van der Waals surface area contributed by atoms with Gasteiger partial charge in [-0.2, -0.15) is 0 Å². The maximum atomic E-state index is 11.9. The number of nitrogens with one attached hydrogen (secondary N) is 1. The summed E-state index contributed by atoms with van der Waals surface area (Å²) in [6.45, 7) is 1.81. The Labute approximate surface area is 134 Å². The molecule has 2 atom stereocenters. The van der Waals surface area contributed by atoms with Crippen molar-refractivity contribution in [3.05, 3.63) is 29.8 Å². The number of carbonyl (C=O) groups excluding carboxylic acids is 3. The number of carbonyl (C=O) groups is 3. The zero-order valence-corrected chi connectivity index (χ0v) is 12.9. The van der Waals surface area contributed by atoms with E-state index in [-0.39, 0.29) is 30.4 Å². The molecule has 2 aliphatic heterocycles. The highest BCUT2D eigenvalue weighted by molar-refractivity contribution is 6.00. The predicted octanol–water partition coefficient (Wildman–Crippen LogP) is 1.00. The zero-order chi connectivity index (χ0) is 16.2. The van der Waals surface area contributed by atoms with Crippen LogP contribution in [0.4, 0.5) is 5.69 Å². The lowest BCUT2D eigenvalue weighted by Crippen LogP contribution is -2.39. The van der Waals surface area contributed by atoms with E-state index >= 15 is 0 Å². The van der Waals surface area contributed by atoms with E-state index in [1.54, 1.807) is 0 Å². The summed E-state index contributed by atoms with van der Waals surface area (Å²) >= 11 is 0. The monoisotopic (exact) mass is 316 g/mol. The van der Waals surface area contributed by atoms with Gasteiger partial charge in [-0.15, -0.1) is 0 Å². The molecule has 6 heteroatoms. The molecule has 0 radical (unpaired) electrons. The number of benzene rings is 1. The van der Waals surface area contributed by atoms with Crippen LogP contribution in [-0.4, -0.2) is 43.9 Å². The quantitative estimate of drug-likeness (QED) is 0.648. The van der Waals surface area contributed by atoms with Crippen molar-refractivity contribution in [1.82, 2.24) is 5.32 Å². The van der Waals surface area contributed by atoms with Gasteiger partial charge in [-0.1, -0.05) is 12.1 Å². The highest BCUT2D eigenvalue weighted by atomic mass is 16.5. The fourth-order valence-electron chi connectivity index (χ4n) is 3.20. The third-order valence-corrected chi connectivity index (χ3v) is 4.44. The van der Waals surface area contributed by atoms with Crippen LogP contribution in [-0.2, 0) is 19.1 Å². The fraction of sp³-hybridized carbons (Fsp3) is 0.471. The van der Waals surface area contributed by atoms with E-state index in [2.05, 4.69) is 10.2 Å². The van der Waals surface area contributed by atoms with Crippen molar-refractivity contribution in [3.8, 4) is 0 Å². The van der Waals surface area contributed by atoms with E-state index < -0.39 is 0 Å². The first-order valence-corrected chi connectivity index (χ1v) is 7.91. The molecule has 0 bridgehead atoms. The molecule has 2 fully saturated rings. The van der Waals surface area contributed by atoms with E-state index in [0.717, 1.165) is 37.0 Å². The molecule has 0 saturated carbocycles. The summed E-state index contributed by atoms with van der Waals surface area (Å²) in [5.74, 6) is -0.650. The number of imide groups is 1. The van der Waals surface area contributed by atoms with E-state index in [1.807, 2.05) is 24.3 Å². The third-order valence-electron chi connectivity index (χ3n) is 4.44. The van der Waals surface area contributed by atoms with Gasteiger partial charge in [0.05, 0.1) is 12.0 Å². The van der Waals surface area contributed by atoms with Crippen molar-refractivity contribution >= 4 is 23.8 Å². The molecule has 122 valence electrons. The largest absolute Gasteiger partial charge is 0.369 e. The Morgan fingerprint density at radius 2 is 2.00 bits per heavy atom. The summed E-state index contributed by atoms with van der Waals surface area (Å²) < 4.78 is 5.45. The Hall–Kier alpha value is -2.21. The van der Waals surface area contributed by atoms with Crippen LogP contribution in [0.1, 0.15) is 30.7 Å². The van der Waals surface area contributed by atoms with Gasteiger partial charge in [0.15, 0.2) is 0 Å². The molecule has 0 aliphatic carbocycles. The molecule has 3 rings (SSSR count). The minimum Gasteiger partial charge on any atom is -0.369 e. The lowest BCUT2D eigenvalue weighted by Gasteiger charge is -2.23. The molecular weight excluding hydrogens is 296 g/mol. The fourth-order valence-corrected chi connectivity index (χ4v) is 3.20. The first-order chi connectivity index (χ1) is 11.2. The Kier molecular flexibility index (Phi) is 4.71. The van der Waals surface area contributed by atoms with Gasteiger partial charge in [-0.3, -0.25) is 14.9 Å². The smallest absolute Gasteiger partial charge is 0.234 e. The second-order valence-electron chi connectivity index (χ2n) is 5.95. The molecule has 1 aromatic carbocycles. The van der Waals surface area contributed by atoms with E-state index in [1.165, 1.54) is 0 Å². The van der Waals surface area contributed by atoms with Crippen molar-refractivity contribution < 1.29 is 19.1 Å². The average molecular weight is 316 g/mol. The van der Waals surface area contributed by atoms with Crippen LogP contribution in [0.2, 0.25) is 0 Å². The van der Waals surface area contributed by atoms with Crippen molar-refractivity contribution in [2.75, 3.05) is 24.6 Å². The van der Waals surface area contributed by atoms with Crippen molar-refractivity contribution in [1.29, 1.82) is 0 Å². The number of anilines is 1. The number of hydrogen-bond donors (Lipinski definition) is 1. The molecule has 23 heavy (non-hydrogen) atoms. The van der Waals surface area contributed by atoms with Gasteiger partial charge in [0.1, 0.15) is 12.9 Å². The maximum absolute atomic E-state index is 11.9. The van der Waals surface area contributed by atoms with E-state index in [9.17, 15) is 14.4 Å². The molecule has 0 aromatic heterocycles. The number of nitrogens with zero attached hydrogens (tertiary/aromatic N) is 1. The number of amides is 2.